The Morgan fingerprint density at radius 1 is 0.843 bits per heavy atom. The number of alkyl halides is 6. The first-order valence-electron chi connectivity index (χ1n) is 15.3. The van der Waals surface area contributed by atoms with Crippen molar-refractivity contribution in [2.24, 2.45) is 0 Å². The third kappa shape index (κ3) is 10.9. The van der Waals surface area contributed by atoms with Crippen molar-refractivity contribution in [1.82, 2.24) is 9.97 Å². The number of phenolic OH excluding ortho intramolecular Hbond substituents is 1. The first kappa shape index (κ1) is 41.2. The minimum absolute atomic E-state index is 0. The van der Waals surface area contributed by atoms with E-state index in [-0.39, 0.29) is 96.3 Å². The third-order valence-corrected chi connectivity index (χ3v) is 7.67. The number of hydrogen-bond acceptors (Lipinski definition) is 8. The Balaban J connectivity index is 0.00000702. The van der Waals surface area contributed by atoms with Crippen molar-refractivity contribution in [3.05, 3.63) is 88.7 Å². The van der Waals surface area contributed by atoms with Crippen LogP contribution in [0, 0.1) is 0 Å². The van der Waals surface area contributed by atoms with E-state index >= 15 is 0 Å². The Kier molecular flexibility index (Phi) is 14.0. The summed E-state index contributed by atoms with van der Waals surface area (Å²) in [7, 11) is 2.80. The molecule has 0 aliphatic rings. The van der Waals surface area contributed by atoms with E-state index in [1.165, 1.54) is 43.6 Å². The summed E-state index contributed by atoms with van der Waals surface area (Å²) in [5.74, 6) is -0.517. The van der Waals surface area contributed by atoms with Gasteiger partial charge in [-0.25, -0.2) is 9.97 Å². The standard InChI is InChI=1S/C35H35F6N3O6.Na/c1-20(2)22-7-8-30(48-3)28(12-22)27-15-29(45)31(49-4)13-23(27)19-44(33-42-16-26(17-43-33)50-9-5-6-32(46)47)18-21-10-24(34(36,37)38)14-25(11-21)35(39,40)41;/h7-8,10-17,20,45H,5-6,9,18-19H2,1-4H3,(H,46,47);/q;+1. The number of anilines is 1. The van der Waals surface area contributed by atoms with Crippen LogP contribution >= 0.6 is 0 Å². The van der Waals surface area contributed by atoms with Gasteiger partial charge in [-0.15, -0.1) is 0 Å². The van der Waals surface area contributed by atoms with Crippen LogP contribution in [0.1, 0.15) is 60.4 Å². The number of aliphatic carboxylic acids is 1. The van der Waals surface area contributed by atoms with Gasteiger partial charge in [-0.05, 0) is 77.1 Å². The fourth-order valence-electron chi connectivity index (χ4n) is 5.15. The Morgan fingerprint density at radius 2 is 1.45 bits per heavy atom. The summed E-state index contributed by atoms with van der Waals surface area (Å²) in [4.78, 5) is 20.7. The van der Waals surface area contributed by atoms with Crippen LogP contribution < -0.4 is 48.7 Å². The number of carboxylic acids is 1. The molecule has 2 N–H and O–H groups in total. The van der Waals surface area contributed by atoms with Gasteiger partial charge in [-0.1, -0.05) is 19.9 Å². The SMILES string of the molecule is COc1cc(CN(Cc2cc(C(F)(F)F)cc(C(F)(F)F)c2)c2ncc(OCCCC(=O)O)cn2)c(-c2cc(C(C)C)ccc2OC)cc1O.[Na+]. The molecule has 9 nitrogen and oxygen atoms in total. The molecular formula is C35H35F6N3NaO6+. The van der Waals surface area contributed by atoms with Crippen LogP contribution in [-0.4, -0.2) is 47.0 Å². The minimum atomic E-state index is -5.06. The molecular weight excluding hydrogens is 695 g/mol. The van der Waals surface area contributed by atoms with Crippen molar-refractivity contribution in [2.75, 3.05) is 25.7 Å². The monoisotopic (exact) mass is 730 g/mol. The zero-order valence-electron chi connectivity index (χ0n) is 28.5. The summed E-state index contributed by atoms with van der Waals surface area (Å²) in [6.07, 6.45) is -7.54. The number of ether oxygens (including phenoxy) is 3. The number of phenols is 1. The van der Waals surface area contributed by atoms with Crippen molar-refractivity contribution in [1.29, 1.82) is 0 Å². The second kappa shape index (κ2) is 17.3. The fourth-order valence-corrected chi connectivity index (χ4v) is 5.15. The van der Waals surface area contributed by atoms with Crippen LogP contribution in [0.2, 0.25) is 0 Å². The van der Waals surface area contributed by atoms with E-state index in [1.807, 2.05) is 26.0 Å². The maximum Gasteiger partial charge on any atom is 1.00 e. The molecule has 0 bridgehead atoms. The first-order chi connectivity index (χ1) is 23.5. The van der Waals surface area contributed by atoms with Gasteiger partial charge in [0.15, 0.2) is 17.2 Å². The Hall–Kier alpha value is -4.21. The number of aromatic hydroxyl groups is 1. The quantitative estimate of drug-likeness (QED) is 0.0990. The summed E-state index contributed by atoms with van der Waals surface area (Å²) < 4.78 is 99.1. The predicted octanol–water partition coefficient (Wildman–Crippen LogP) is 5.48. The van der Waals surface area contributed by atoms with Gasteiger partial charge < -0.3 is 29.3 Å². The smallest absolute Gasteiger partial charge is 0.504 e. The normalized spacial score (nSPS) is 11.6. The summed E-state index contributed by atoms with van der Waals surface area (Å²) in [6.45, 7) is 3.33. The number of rotatable bonds is 14. The number of halogens is 6. The van der Waals surface area contributed by atoms with E-state index in [9.17, 15) is 36.2 Å². The van der Waals surface area contributed by atoms with Crippen molar-refractivity contribution in [3.63, 3.8) is 0 Å². The summed E-state index contributed by atoms with van der Waals surface area (Å²) in [5, 5.41) is 19.6. The molecule has 0 unspecified atom stereocenters. The van der Waals surface area contributed by atoms with E-state index in [2.05, 4.69) is 9.97 Å². The Bertz CT molecular complexity index is 1770. The molecule has 0 saturated carbocycles. The average molecular weight is 731 g/mol. The molecule has 0 radical (unpaired) electrons. The number of carboxylic acid groups (broad SMARTS) is 1. The zero-order chi connectivity index (χ0) is 36.8. The second-order valence-electron chi connectivity index (χ2n) is 11.6. The number of benzene rings is 3. The van der Waals surface area contributed by atoms with E-state index in [0.717, 1.165) is 5.56 Å². The van der Waals surface area contributed by atoms with Crippen LogP contribution in [0.3, 0.4) is 0 Å². The van der Waals surface area contributed by atoms with Gasteiger partial charge in [0, 0.05) is 25.1 Å². The molecule has 51 heavy (non-hydrogen) atoms. The zero-order valence-corrected chi connectivity index (χ0v) is 30.5. The molecule has 0 amide bonds. The molecule has 16 heteroatoms. The maximum absolute atomic E-state index is 13.8. The molecule has 3 aromatic carbocycles. The molecule has 0 aliphatic heterocycles. The molecule has 0 spiro atoms. The van der Waals surface area contributed by atoms with E-state index in [0.29, 0.717) is 34.6 Å². The first-order valence-corrected chi connectivity index (χ1v) is 15.3. The van der Waals surface area contributed by atoms with Crippen molar-refractivity contribution in [3.8, 4) is 34.1 Å². The molecule has 1 aromatic heterocycles. The maximum atomic E-state index is 13.8. The molecule has 0 aliphatic carbocycles. The fraction of sp³-hybridized carbons (Fsp3) is 0.343. The van der Waals surface area contributed by atoms with Crippen molar-refractivity contribution < 1.29 is 85.1 Å². The molecule has 1 heterocycles. The van der Waals surface area contributed by atoms with Gasteiger partial charge in [-0.2, -0.15) is 26.3 Å². The largest absolute Gasteiger partial charge is 1.00 e. The number of hydrogen-bond donors (Lipinski definition) is 2. The van der Waals surface area contributed by atoms with Crippen LogP contribution in [0.25, 0.3) is 11.1 Å². The van der Waals surface area contributed by atoms with Crippen LogP contribution in [0.5, 0.6) is 23.0 Å². The van der Waals surface area contributed by atoms with Gasteiger partial charge in [-0.3, -0.25) is 4.79 Å². The van der Waals surface area contributed by atoms with Crippen LogP contribution in [-0.2, 0) is 30.2 Å². The van der Waals surface area contributed by atoms with Gasteiger partial charge >= 0.3 is 47.9 Å². The second-order valence-corrected chi connectivity index (χ2v) is 11.6. The van der Waals surface area contributed by atoms with Gasteiger partial charge in [0.1, 0.15) is 5.75 Å². The van der Waals surface area contributed by atoms with E-state index in [4.69, 9.17) is 19.3 Å². The molecule has 4 aromatic rings. The van der Waals surface area contributed by atoms with Crippen LogP contribution in [0.15, 0.2) is 60.9 Å². The van der Waals surface area contributed by atoms with E-state index in [1.54, 1.807) is 6.07 Å². The molecule has 0 saturated heterocycles. The number of methoxy groups -OCH3 is 2. The van der Waals surface area contributed by atoms with Crippen LogP contribution in [0.4, 0.5) is 32.3 Å². The molecule has 0 atom stereocenters. The Morgan fingerprint density at radius 3 is 1.98 bits per heavy atom. The third-order valence-electron chi connectivity index (χ3n) is 7.67. The molecule has 4 rings (SSSR count). The summed E-state index contributed by atoms with van der Waals surface area (Å²) in [5.41, 5.74) is -0.881. The number of carbonyl (C=O) groups is 1. The number of aromatic nitrogens is 2. The predicted molar refractivity (Wildman–Crippen MR) is 171 cm³/mol. The number of nitrogens with zero attached hydrogens (tertiary/aromatic N) is 3. The van der Waals surface area contributed by atoms with Crippen molar-refractivity contribution >= 4 is 11.9 Å². The summed E-state index contributed by atoms with van der Waals surface area (Å²) in [6, 6.07) is 9.78. The summed E-state index contributed by atoms with van der Waals surface area (Å²) >= 11 is 0. The average Bonchev–Trinajstić information content (AvgIpc) is 3.05. The van der Waals surface area contributed by atoms with Gasteiger partial charge in [0.25, 0.3) is 0 Å². The Labute approximate surface area is 312 Å². The molecule has 0 fully saturated rings. The van der Waals surface area contributed by atoms with E-state index < -0.39 is 36.0 Å². The topological polar surface area (TPSA) is 114 Å². The molecule has 268 valence electrons. The minimum Gasteiger partial charge on any atom is -0.504 e. The van der Waals surface area contributed by atoms with Crippen molar-refractivity contribution in [2.45, 2.75) is 58.0 Å². The van der Waals surface area contributed by atoms with Gasteiger partial charge in [0.2, 0.25) is 5.95 Å². The van der Waals surface area contributed by atoms with Gasteiger partial charge in [0.05, 0.1) is 44.3 Å².